The van der Waals surface area contributed by atoms with Crippen LogP contribution in [0.2, 0.25) is 0 Å². The molecule has 4 heteroatoms. The van der Waals surface area contributed by atoms with E-state index in [1.165, 1.54) is 0 Å². The van der Waals surface area contributed by atoms with E-state index in [1.54, 1.807) is 0 Å². The van der Waals surface area contributed by atoms with Crippen molar-refractivity contribution >= 4 is 23.4 Å². The summed E-state index contributed by atoms with van der Waals surface area (Å²) in [5.41, 5.74) is 2.84. The number of hydrogen-bond donors (Lipinski definition) is 2. The lowest BCUT2D eigenvalue weighted by molar-refractivity contribution is 0.282. The van der Waals surface area contributed by atoms with E-state index in [0.29, 0.717) is 0 Å². The summed E-state index contributed by atoms with van der Waals surface area (Å²) in [5, 5.41) is 8.87. The third-order valence-corrected chi connectivity index (χ3v) is 1.85. The summed E-state index contributed by atoms with van der Waals surface area (Å²) in [7, 11) is 0. The number of H-pyrrole nitrogens is 1. The van der Waals surface area contributed by atoms with Crippen LogP contribution in [0.1, 0.15) is 11.4 Å². The number of benzene rings is 1. The molecule has 3 nitrogen and oxygen atoms in total. The maximum atomic E-state index is 8.87. The van der Waals surface area contributed by atoms with Gasteiger partial charge in [0.25, 0.3) is 0 Å². The Bertz CT molecular complexity index is 411. The standard InChI is InChI=1S/C9H10N2O.ClH/c1-6-10-8-3-2-7(5-12)4-9(8)11-6;/h2-4,12H,5H2,1H3,(H,10,11);1H. The van der Waals surface area contributed by atoms with Gasteiger partial charge in [0, 0.05) is 0 Å². The zero-order valence-electron chi connectivity index (χ0n) is 7.24. The first kappa shape index (κ1) is 10.0. The summed E-state index contributed by atoms with van der Waals surface area (Å²) in [5.74, 6) is 0.903. The zero-order chi connectivity index (χ0) is 8.55. The number of aliphatic hydroxyl groups excluding tert-OH is 1. The van der Waals surface area contributed by atoms with Crippen LogP contribution >= 0.6 is 12.4 Å². The van der Waals surface area contributed by atoms with Gasteiger partial charge in [-0.15, -0.1) is 12.4 Å². The zero-order valence-corrected chi connectivity index (χ0v) is 8.06. The van der Waals surface area contributed by atoms with E-state index in [2.05, 4.69) is 9.97 Å². The second kappa shape index (κ2) is 3.77. The van der Waals surface area contributed by atoms with E-state index in [9.17, 15) is 0 Å². The first-order chi connectivity index (χ1) is 5.79. The van der Waals surface area contributed by atoms with Gasteiger partial charge >= 0.3 is 0 Å². The molecule has 0 aliphatic carbocycles. The highest BCUT2D eigenvalue weighted by atomic mass is 35.5. The van der Waals surface area contributed by atoms with E-state index in [-0.39, 0.29) is 19.0 Å². The Labute approximate surface area is 82.2 Å². The van der Waals surface area contributed by atoms with Gasteiger partial charge in [0.1, 0.15) is 5.82 Å². The number of fused-ring (bicyclic) bond motifs is 1. The number of aryl methyl sites for hydroxylation is 1. The van der Waals surface area contributed by atoms with Crippen LogP contribution in [0.4, 0.5) is 0 Å². The normalized spacial score (nSPS) is 10.0. The van der Waals surface area contributed by atoms with Crippen LogP contribution in [0.5, 0.6) is 0 Å². The fourth-order valence-electron chi connectivity index (χ4n) is 1.28. The summed E-state index contributed by atoms with van der Waals surface area (Å²) >= 11 is 0. The number of rotatable bonds is 1. The van der Waals surface area contributed by atoms with Crippen molar-refractivity contribution in [3.05, 3.63) is 29.6 Å². The van der Waals surface area contributed by atoms with Crippen molar-refractivity contribution in [2.75, 3.05) is 0 Å². The van der Waals surface area contributed by atoms with Gasteiger partial charge in [0.15, 0.2) is 0 Å². The predicted molar refractivity (Wildman–Crippen MR) is 54.0 cm³/mol. The largest absolute Gasteiger partial charge is 0.392 e. The summed E-state index contributed by atoms with van der Waals surface area (Å²) < 4.78 is 0. The molecule has 2 rings (SSSR count). The first-order valence-corrected chi connectivity index (χ1v) is 3.86. The minimum Gasteiger partial charge on any atom is -0.392 e. The number of aliphatic hydroxyl groups is 1. The molecule has 13 heavy (non-hydrogen) atoms. The van der Waals surface area contributed by atoms with Gasteiger partial charge in [-0.25, -0.2) is 4.98 Å². The Morgan fingerprint density at radius 2 is 2.23 bits per heavy atom. The first-order valence-electron chi connectivity index (χ1n) is 3.86. The molecule has 0 bridgehead atoms. The van der Waals surface area contributed by atoms with E-state index >= 15 is 0 Å². The van der Waals surface area contributed by atoms with Crippen molar-refractivity contribution in [2.45, 2.75) is 13.5 Å². The lowest BCUT2D eigenvalue weighted by atomic mass is 10.2. The molecule has 0 amide bonds. The quantitative estimate of drug-likeness (QED) is 0.734. The molecule has 0 saturated carbocycles. The molecule has 0 aliphatic rings. The third kappa shape index (κ3) is 1.82. The highest BCUT2D eigenvalue weighted by Gasteiger charge is 1.98. The molecule has 1 aromatic heterocycles. The van der Waals surface area contributed by atoms with Crippen molar-refractivity contribution in [1.82, 2.24) is 9.97 Å². The van der Waals surface area contributed by atoms with Gasteiger partial charge in [0.05, 0.1) is 17.6 Å². The van der Waals surface area contributed by atoms with Crippen LogP contribution in [-0.4, -0.2) is 15.1 Å². The van der Waals surface area contributed by atoms with Crippen molar-refractivity contribution < 1.29 is 5.11 Å². The molecule has 0 saturated heterocycles. The lowest BCUT2D eigenvalue weighted by Crippen LogP contribution is -1.81. The molecule has 0 fully saturated rings. The Balaban J connectivity index is 0.000000845. The van der Waals surface area contributed by atoms with Gasteiger partial charge < -0.3 is 10.1 Å². The second-order valence-corrected chi connectivity index (χ2v) is 2.83. The van der Waals surface area contributed by atoms with Gasteiger partial charge in [-0.1, -0.05) is 6.07 Å². The number of nitrogens with one attached hydrogen (secondary N) is 1. The number of hydrogen-bond acceptors (Lipinski definition) is 2. The molecule has 70 valence electrons. The molecule has 1 aromatic carbocycles. The number of aromatic nitrogens is 2. The van der Waals surface area contributed by atoms with Crippen molar-refractivity contribution in [1.29, 1.82) is 0 Å². The average Bonchev–Trinajstić information content (AvgIpc) is 2.43. The minimum atomic E-state index is 0. The predicted octanol–water partition coefficient (Wildman–Crippen LogP) is 1.79. The molecule has 2 aromatic rings. The van der Waals surface area contributed by atoms with Crippen LogP contribution in [0.25, 0.3) is 11.0 Å². The van der Waals surface area contributed by atoms with Crippen LogP contribution in [0.15, 0.2) is 18.2 Å². The molecular formula is C9H11ClN2O. The van der Waals surface area contributed by atoms with Gasteiger partial charge in [-0.2, -0.15) is 0 Å². The highest BCUT2D eigenvalue weighted by molar-refractivity contribution is 5.85. The molecule has 1 heterocycles. The molecule has 0 unspecified atom stereocenters. The Morgan fingerprint density at radius 1 is 1.46 bits per heavy atom. The monoisotopic (exact) mass is 198 g/mol. The highest BCUT2D eigenvalue weighted by Crippen LogP contribution is 2.12. The molecule has 0 radical (unpaired) electrons. The summed E-state index contributed by atoms with van der Waals surface area (Å²) in [6.07, 6.45) is 0. The maximum Gasteiger partial charge on any atom is 0.104 e. The van der Waals surface area contributed by atoms with Crippen molar-refractivity contribution in [3.8, 4) is 0 Å². The van der Waals surface area contributed by atoms with Crippen molar-refractivity contribution in [3.63, 3.8) is 0 Å². The minimum absolute atomic E-state index is 0. The summed E-state index contributed by atoms with van der Waals surface area (Å²) in [4.78, 5) is 7.36. The van der Waals surface area contributed by atoms with Crippen LogP contribution in [0.3, 0.4) is 0 Å². The van der Waals surface area contributed by atoms with Crippen molar-refractivity contribution in [2.24, 2.45) is 0 Å². The van der Waals surface area contributed by atoms with Gasteiger partial charge in [-0.3, -0.25) is 0 Å². The topological polar surface area (TPSA) is 48.9 Å². The average molecular weight is 199 g/mol. The van der Waals surface area contributed by atoms with Crippen LogP contribution in [0, 0.1) is 6.92 Å². The molecule has 2 N–H and O–H groups in total. The van der Waals surface area contributed by atoms with E-state index < -0.39 is 0 Å². The van der Waals surface area contributed by atoms with Crippen LogP contribution in [-0.2, 0) is 6.61 Å². The SMILES string of the molecule is Cc1nc2ccc(CO)cc2[nH]1.Cl. The third-order valence-electron chi connectivity index (χ3n) is 1.85. The fraction of sp³-hybridized carbons (Fsp3) is 0.222. The second-order valence-electron chi connectivity index (χ2n) is 2.83. The molecule has 0 aliphatic heterocycles. The van der Waals surface area contributed by atoms with Gasteiger partial charge in [-0.05, 0) is 24.6 Å². The summed E-state index contributed by atoms with van der Waals surface area (Å²) in [6.45, 7) is 1.99. The van der Waals surface area contributed by atoms with E-state index in [0.717, 1.165) is 22.4 Å². The number of halogens is 1. The van der Waals surface area contributed by atoms with E-state index in [1.807, 2.05) is 25.1 Å². The fourth-order valence-corrected chi connectivity index (χ4v) is 1.28. The Morgan fingerprint density at radius 3 is 2.92 bits per heavy atom. The van der Waals surface area contributed by atoms with Gasteiger partial charge in [0.2, 0.25) is 0 Å². The Hall–Kier alpha value is -1.06. The molecular weight excluding hydrogens is 188 g/mol. The molecule has 0 spiro atoms. The Kier molecular flexibility index (Phi) is 2.90. The lowest BCUT2D eigenvalue weighted by Gasteiger charge is -1.93. The summed E-state index contributed by atoms with van der Waals surface area (Å²) in [6, 6.07) is 5.70. The number of aromatic amines is 1. The van der Waals surface area contributed by atoms with Crippen LogP contribution < -0.4 is 0 Å². The number of imidazole rings is 1. The molecule has 0 atom stereocenters. The van der Waals surface area contributed by atoms with E-state index in [4.69, 9.17) is 5.11 Å². The maximum absolute atomic E-state index is 8.87. The number of nitrogens with zero attached hydrogens (tertiary/aromatic N) is 1. The smallest absolute Gasteiger partial charge is 0.104 e.